The molecular weight excluding hydrogens is 196 g/mol. The Kier molecular flexibility index (Phi) is 4.23. The lowest BCUT2D eigenvalue weighted by atomic mass is 10.4. The van der Waals surface area contributed by atoms with Crippen LogP contribution in [0.5, 0.6) is 0 Å². The van der Waals surface area contributed by atoms with Gasteiger partial charge in [0, 0.05) is 0 Å². The number of hydrogen-bond donors (Lipinski definition) is 1. The van der Waals surface area contributed by atoms with E-state index in [4.69, 9.17) is 4.89 Å². The van der Waals surface area contributed by atoms with Crippen LogP contribution >= 0.6 is 7.60 Å². The van der Waals surface area contributed by atoms with E-state index in [0.717, 1.165) is 0 Å². The summed E-state index contributed by atoms with van der Waals surface area (Å²) in [6.45, 7) is 1.70. The van der Waals surface area contributed by atoms with Crippen molar-refractivity contribution in [2.45, 2.75) is 26.1 Å². The standard InChI is InChI=1S/C5H10F3O3P/c1-2-3-4-12(9,10)11-5(6,7)8/h2-4H2,1H3,(H,9,10). The summed E-state index contributed by atoms with van der Waals surface area (Å²) in [4.78, 5) is 8.59. The summed E-state index contributed by atoms with van der Waals surface area (Å²) in [5.41, 5.74) is 0. The fraction of sp³-hybridized carbons (Fsp3) is 1.00. The van der Waals surface area contributed by atoms with Gasteiger partial charge in [0.05, 0.1) is 6.16 Å². The second-order valence-corrected chi connectivity index (χ2v) is 4.16. The second-order valence-electron chi connectivity index (χ2n) is 2.25. The minimum atomic E-state index is -5.03. The maximum atomic E-state index is 11.4. The minimum Gasteiger partial charge on any atom is -0.324 e. The summed E-state index contributed by atoms with van der Waals surface area (Å²) in [5.74, 6) is 0. The Morgan fingerprint density at radius 2 is 2.00 bits per heavy atom. The summed E-state index contributed by atoms with van der Waals surface area (Å²) < 4.78 is 47.9. The zero-order chi connectivity index (χ0) is 9.83. The lowest BCUT2D eigenvalue weighted by molar-refractivity contribution is -0.277. The zero-order valence-corrected chi connectivity index (χ0v) is 7.36. The van der Waals surface area contributed by atoms with E-state index >= 15 is 0 Å². The Balaban J connectivity index is 3.96. The van der Waals surface area contributed by atoms with Gasteiger partial charge in [0.1, 0.15) is 0 Å². The van der Waals surface area contributed by atoms with Crippen molar-refractivity contribution in [2.24, 2.45) is 0 Å². The van der Waals surface area contributed by atoms with Gasteiger partial charge in [0.25, 0.3) is 0 Å². The number of halogens is 3. The molecule has 0 heterocycles. The molecule has 7 heteroatoms. The van der Waals surface area contributed by atoms with Crippen molar-refractivity contribution in [3.05, 3.63) is 0 Å². The third kappa shape index (κ3) is 6.64. The minimum absolute atomic E-state index is 0.240. The molecule has 0 aromatic rings. The van der Waals surface area contributed by atoms with Crippen LogP contribution in [0.4, 0.5) is 13.2 Å². The smallest absolute Gasteiger partial charge is 0.324 e. The van der Waals surface area contributed by atoms with Gasteiger partial charge in [-0.15, -0.1) is 13.2 Å². The summed E-state index contributed by atoms with van der Waals surface area (Å²) in [7, 11) is -4.46. The van der Waals surface area contributed by atoms with Crippen LogP contribution in [-0.2, 0) is 9.09 Å². The molecule has 74 valence electrons. The summed E-state index contributed by atoms with van der Waals surface area (Å²) in [6, 6.07) is 0. The molecule has 0 aliphatic rings. The van der Waals surface area contributed by atoms with Crippen molar-refractivity contribution in [1.82, 2.24) is 0 Å². The molecule has 0 radical (unpaired) electrons. The molecule has 0 rings (SSSR count). The van der Waals surface area contributed by atoms with Gasteiger partial charge >= 0.3 is 14.0 Å². The first-order valence-corrected chi connectivity index (χ1v) is 5.12. The van der Waals surface area contributed by atoms with Crippen molar-refractivity contribution in [3.63, 3.8) is 0 Å². The van der Waals surface area contributed by atoms with E-state index in [2.05, 4.69) is 4.52 Å². The quantitative estimate of drug-likeness (QED) is 0.718. The fourth-order valence-electron chi connectivity index (χ4n) is 0.565. The molecule has 1 unspecified atom stereocenters. The van der Waals surface area contributed by atoms with Crippen LogP contribution in [0.1, 0.15) is 19.8 Å². The third-order valence-electron chi connectivity index (χ3n) is 1.04. The van der Waals surface area contributed by atoms with Crippen LogP contribution in [0.2, 0.25) is 0 Å². The molecule has 0 aromatic carbocycles. The third-order valence-corrected chi connectivity index (χ3v) is 2.41. The second kappa shape index (κ2) is 4.25. The highest BCUT2D eigenvalue weighted by Crippen LogP contribution is 2.48. The van der Waals surface area contributed by atoms with Crippen molar-refractivity contribution >= 4 is 7.60 Å². The Morgan fingerprint density at radius 3 is 2.33 bits per heavy atom. The normalized spacial score (nSPS) is 17.4. The summed E-state index contributed by atoms with van der Waals surface area (Å²) in [6.07, 6.45) is -4.70. The van der Waals surface area contributed by atoms with Crippen LogP contribution in [-0.4, -0.2) is 17.4 Å². The molecule has 0 bridgehead atoms. The van der Waals surface area contributed by atoms with Crippen LogP contribution in [0.25, 0.3) is 0 Å². The van der Waals surface area contributed by atoms with E-state index in [0.29, 0.717) is 6.42 Å². The van der Waals surface area contributed by atoms with Crippen LogP contribution in [0.3, 0.4) is 0 Å². The van der Waals surface area contributed by atoms with Crippen molar-refractivity contribution in [2.75, 3.05) is 6.16 Å². The van der Waals surface area contributed by atoms with Gasteiger partial charge in [-0.2, -0.15) is 0 Å². The van der Waals surface area contributed by atoms with Crippen LogP contribution in [0.15, 0.2) is 0 Å². The molecule has 1 atom stereocenters. The van der Waals surface area contributed by atoms with Gasteiger partial charge < -0.3 is 4.89 Å². The molecule has 0 saturated heterocycles. The summed E-state index contributed by atoms with van der Waals surface area (Å²) in [5, 5.41) is 0. The SMILES string of the molecule is CCCCP(=O)(O)OC(F)(F)F. The van der Waals surface area contributed by atoms with E-state index in [1.807, 2.05) is 0 Å². The van der Waals surface area contributed by atoms with Crippen molar-refractivity contribution < 1.29 is 27.2 Å². The highest BCUT2D eigenvalue weighted by Gasteiger charge is 2.38. The average molecular weight is 206 g/mol. The molecule has 3 nitrogen and oxygen atoms in total. The predicted octanol–water partition coefficient (Wildman–Crippen LogP) is 2.51. The van der Waals surface area contributed by atoms with E-state index in [-0.39, 0.29) is 6.42 Å². The first-order chi connectivity index (χ1) is 5.27. The Bertz CT molecular complexity index is 179. The molecule has 1 N–H and O–H groups in total. The number of hydrogen-bond acceptors (Lipinski definition) is 2. The van der Waals surface area contributed by atoms with E-state index in [9.17, 15) is 17.7 Å². The van der Waals surface area contributed by atoms with E-state index in [1.54, 1.807) is 6.92 Å². The molecule has 0 amide bonds. The van der Waals surface area contributed by atoms with Gasteiger partial charge in [0.15, 0.2) is 0 Å². The van der Waals surface area contributed by atoms with Crippen LogP contribution < -0.4 is 0 Å². The average Bonchev–Trinajstić information content (AvgIpc) is 1.78. The first kappa shape index (κ1) is 11.9. The molecular formula is C5H10F3O3P. The van der Waals surface area contributed by atoms with Gasteiger partial charge in [-0.25, -0.2) is 4.52 Å². The maximum absolute atomic E-state index is 11.4. The van der Waals surface area contributed by atoms with Gasteiger partial charge in [-0.1, -0.05) is 13.3 Å². The van der Waals surface area contributed by atoms with Crippen molar-refractivity contribution in [1.29, 1.82) is 0 Å². The first-order valence-electron chi connectivity index (χ1n) is 3.36. The lowest BCUT2D eigenvalue weighted by Gasteiger charge is -2.12. The number of unbranched alkanes of at least 4 members (excludes halogenated alkanes) is 1. The van der Waals surface area contributed by atoms with Crippen molar-refractivity contribution in [3.8, 4) is 0 Å². The zero-order valence-electron chi connectivity index (χ0n) is 6.47. The molecule has 12 heavy (non-hydrogen) atoms. The topological polar surface area (TPSA) is 46.5 Å². The molecule has 0 aliphatic heterocycles. The van der Waals surface area contributed by atoms with E-state index < -0.39 is 20.1 Å². The van der Waals surface area contributed by atoms with Crippen LogP contribution in [0, 0.1) is 0 Å². The largest absolute Gasteiger partial charge is 0.529 e. The van der Waals surface area contributed by atoms with E-state index in [1.165, 1.54) is 0 Å². The number of alkyl halides is 3. The molecule has 0 fully saturated rings. The maximum Gasteiger partial charge on any atom is 0.529 e. The molecule has 0 aromatic heterocycles. The van der Waals surface area contributed by atoms with Gasteiger partial charge in [-0.3, -0.25) is 4.57 Å². The lowest BCUT2D eigenvalue weighted by Crippen LogP contribution is -2.12. The summed E-state index contributed by atoms with van der Waals surface area (Å²) >= 11 is 0. The molecule has 0 spiro atoms. The van der Waals surface area contributed by atoms with Gasteiger partial charge in [0.2, 0.25) is 0 Å². The highest BCUT2D eigenvalue weighted by atomic mass is 31.2. The Labute approximate surface area is 68.1 Å². The Hall–Kier alpha value is -0.0600. The van der Waals surface area contributed by atoms with Gasteiger partial charge in [-0.05, 0) is 6.42 Å². The molecule has 0 saturated carbocycles. The Morgan fingerprint density at radius 1 is 1.50 bits per heavy atom. The monoisotopic (exact) mass is 206 g/mol. The predicted molar refractivity (Wildman–Crippen MR) is 36.7 cm³/mol. The fourth-order valence-corrected chi connectivity index (χ4v) is 1.70. The molecule has 0 aliphatic carbocycles. The highest BCUT2D eigenvalue weighted by molar-refractivity contribution is 7.52. The number of rotatable bonds is 4.